The highest BCUT2D eigenvalue weighted by Crippen LogP contribution is 2.28. The Labute approximate surface area is 172 Å². The van der Waals surface area contributed by atoms with E-state index < -0.39 is 0 Å². The number of carbonyl (C=O) groups is 1. The van der Waals surface area contributed by atoms with E-state index >= 15 is 0 Å². The van der Waals surface area contributed by atoms with E-state index in [1.807, 2.05) is 6.92 Å². The summed E-state index contributed by atoms with van der Waals surface area (Å²) in [5, 5.41) is 3.52. The number of ether oxygens (including phenoxy) is 1. The number of halogens is 1. The van der Waals surface area contributed by atoms with E-state index in [4.69, 9.17) is 16.3 Å². The molecule has 2 aromatic rings. The number of nitrogens with one attached hydrogen (secondary N) is 1. The van der Waals surface area contributed by atoms with E-state index in [9.17, 15) is 4.79 Å². The molecule has 5 nitrogen and oxygen atoms in total. The molecule has 0 bridgehead atoms. The summed E-state index contributed by atoms with van der Waals surface area (Å²) in [7, 11) is 1.58. The number of amides is 1. The third-order valence-electron chi connectivity index (χ3n) is 5.41. The fourth-order valence-electron chi connectivity index (χ4n) is 3.52. The van der Waals surface area contributed by atoms with Gasteiger partial charge in [0.05, 0.1) is 18.8 Å². The summed E-state index contributed by atoms with van der Waals surface area (Å²) < 4.78 is 5.31. The highest BCUT2D eigenvalue weighted by molar-refractivity contribution is 6.31. The minimum Gasteiger partial charge on any atom is -0.495 e. The van der Waals surface area contributed by atoms with Crippen LogP contribution in [0.25, 0.3) is 0 Å². The summed E-state index contributed by atoms with van der Waals surface area (Å²) in [5.41, 5.74) is 3.30. The molecule has 1 fully saturated rings. The topological polar surface area (TPSA) is 44.8 Å². The number of rotatable bonds is 6. The van der Waals surface area contributed by atoms with Gasteiger partial charge in [-0.3, -0.25) is 14.6 Å². The Hall–Kier alpha value is -2.08. The molecule has 1 aliphatic heterocycles. The molecule has 0 saturated carbocycles. The van der Waals surface area contributed by atoms with Crippen molar-refractivity contribution in [3.63, 3.8) is 0 Å². The summed E-state index contributed by atoms with van der Waals surface area (Å²) in [6.45, 7) is 8.70. The number of methoxy groups -OCH3 is 1. The summed E-state index contributed by atoms with van der Waals surface area (Å²) >= 11 is 6.06. The van der Waals surface area contributed by atoms with Crippen molar-refractivity contribution in [2.75, 3.05) is 38.6 Å². The lowest BCUT2D eigenvalue weighted by Crippen LogP contribution is -2.52. The molecule has 1 aliphatic rings. The molecule has 1 heterocycles. The molecule has 1 amide bonds. The molecule has 0 aromatic heterocycles. The van der Waals surface area contributed by atoms with Crippen LogP contribution in [0.4, 0.5) is 5.69 Å². The molecule has 2 aromatic carbocycles. The van der Waals surface area contributed by atoms with E-state index in [0.29, 0.717) is 16.5 Å². The summed E-state index contributed by atoms with van der Waals surface area (Å²) in [6.07, 6.45) is 0. The summed E-state index contributed by atoms with van der Waals surface area (Å²) in [4.78, 5) is 17.4. The Morgan fingerprint density at radius 2 is 1.89 bits per heavy atom. The third-order valence-corrected chi connectivity index (χ3v) is 5.64. The minimum absolute atomic E-state index is 0.0482. The molecule has 0 aliphatic carbocycles. The molecule has 0 spiro atoms. The van der Waals surface area contributed by atoms with Gasteiger partial charge in [-0.05, 0) is 43.2 Å². The van der Waals surface area contributed by atoms with Gasteiger partial charge in [-0.1, -0.05) is 35.9 Å². The average molecular weight is 402 g/mol. The van der Waals surface area contributed by atoms with Gasteiger partial charge in [0.2, 0.25) is 5.91 Å². The molecule has 28 heavy (non-hydrogen) atoms. The largest absolute Gasteiger partial charge is 0.495 e. The zero-order valence-corrected chi connectivity index (χ0v) is 17.5. The van der Waals surface area contributed by atoms with Gasteiger partial charge < -0.3 is 10.1 Å². The number of hydrogen-bond acceptors (Lipinski definition) is 4. The van der Waals surface area contributed by atoms with Crippen molar-refractivity contribution < 1.29 is 9.53 Å². The van der Waals surface area contributed by atoms with Crippen molar-refractivity contribution >= 4 is 23.2 Å². The van der Waals surface area contributed by atoms with Gasteiger partial charge in [-0.2, -0.15) is 0 Å². The van der Waals surface area contributed by atoms with E-state index in [-0.39, 0.29) is 11.9 Å². The number of hydrogen-bond donors (Lipinski definition) is 1. The molecule has 6 heteroatoms. The number of nitrogens with zero attached hydrogens (tertiary/aromatic N) is 2. The molecule has 0 unspecified atom stereocenters. The van der Waals surface area contributed by atoms with Gasteiger partial charge >= 0.3 is 0 Å². The number of anilines is 1. The SMILES string of the molecule is COc1ccc(Cl)cc1NC(=O)[C@H](C)N1CCN(Cc2ccccc2C)CC1. The Morgan fingerprint density at radius 1 is 1.18 bits per heavy atom. The van der Waals surface area contributed by atoms with Crippen LogP contribution in [0.5, 0.6) is 5.75 Å². The second kappa shape index (κ2) is 9.41. The van der Waals surface area contributed by atoms with Crippen LogP contribution in [0.2, 0.25) is 5.02 Å². The number of aryl methyl sites for hydroxylation is 1. The lowest BCUT2D eigenvalue weighted by molar-refractivity contribution is -0.121. The molecular weight excluding hydrogens is 374 g/mol. The molecule has 1 atom stereocenters. The van der Waals surface area contributed by atoms with E-state index in [1.54, 1.807) is 25.3 Å². The van der Waals surface area contributed by atoms with Crippen LogP contribution in [0.15, 0.2) is 42.5 Å². The van der Waals surface area contributed by atoms with Crippen LogP contribution in [0.1, 0.15) is 18.1 Å². The predicted octanol–water partition coefficient (Wildman–Crippen LogP) is 3.80. The first-order valence-electron chi connectivity index (χ1n) is 9.63. The van der Waals surface area contributed by atoms with Gasteiger partial charge in [0.15, 0.2) is 0 Å². The Balaban J connectivity index is 1.55. The molecular formula is C22H28ClN3O2. The highest BCUT2D eigenvalue weighted by Gasteiger charge is 2.26. The highest BCUT2D eigenvalue weighted by atomic mass is 35.5. The van der Waals surface area contributed by atoms with Crippen LogP contribution < -0.4 is 10.1 Å². The van der Waals surface area contributed by atoms with Crippen molar-refractivity contribution in [3.05, 3.63) is 58.6 Å². The van der Waals surface area contributed by atoms with Gasteiger partial charge in [-0.15, -0.1) is 0 Å². The number of piperazine rings is 1. The van der Waals surface area contributed by atoms with E-state index in [1.165, 1.54) is 11.1 Å². The maximum absolute atomic E-state index is 12.7. The minimum atomic E-state index is -0.218. The Bertz CT molecular complexity index is 819. The van der Waals surface area contributed by atoms with Crippen LogP contribution in [0.3, 0.4) is 0 Å². The van der Waals surface area contributed by atoms with Crippen LogP contribution >= 0.6 is 11.6 Å². The summed E-state index contributed by atoms with van der Waals surface area (Å²) in [6, 6.07) is 13.5. The Morgan fingerprint density at radius 3 is 2.57 bits per heavy atom. The number of benzene rings is 2. The quantitative estimate of drug-likeness (QED) is 0.799. The van der Waals surface area contributed by atoms with Crippen molar-refractivity contribution in [3.8, 4) is 5.75 Å². The standard InChI is InChI=1S/C22H28ClN3O2/c1-16-6-4-5-7-18(16)15-25-10-12-26(13-11-25)17(2)22(27)24-20-14-19(23)8-9-21(20)28-3/h4-9,14,17H,10-13,15H2,1-3H3,(H,24,27)/t17-/m0/s1. The molecule has 150 valence electrons. The first-order valence-corrected chi connectivity index (χ1v) is 10.0. The van der Waals surface area contributed by atoms with Crippen molar-refractivity contribution in [1.29, 1.82) is 0 Å². The zero-order valence-electron chi connectivity index (χ0n) is 16.7. The average Bonchev–Trinajstić information content (AvgIpc) is 2.70. The third kappa shape index (κ3) is 5.04. The lowest BCUT2D eigenvalue weighted by Gasteiger charge is -2.37. The molecule has 1 N–H and O–H groups in total. The Kier molecular flexibility index (Phi) is 6.94. The zero-order chi connectivity index (χ0) is 20.1. The lowest BCUT2D eigenvalue weighted by atomic mass is 10.1. The first-order chi connectivity index (χ1) is 13.5. The summed E-state index contributed by atoms with van der Waals surface area (Å²) in [5.74, 6) is 0.556. The first kappa shape index (κ1) is 20.6. The van der Waals surface area contributed by atoms with Gasteiger partial charge in [0.25, 0.3) is 0 Å². The van der Waals surface area contributed by atoms with E-state index in [0.717, 1.165) is 32.7 Å². The van der Waals surface area contributed by atoms with Crippen LogP contribution in [-0.4, -0.2) is 55.0 Å². The fraction of sp³-hybridized carbons (Fsp3) is 0.409. The number of carbonyl (C=O) groups excluding carboxylic acids is 1. The van der Waals surface area contributed by atoms with Gasteiger partial charge in [-0.25, -0.2) is 0 Å². The van der Waals surface area contributed by atoms with E-state index in [2.05, 4.69) is 46.3 Å². The second-order valence-electron chi connectivity index (χ2n) is 7.25. The van der Waals surface area contributed by atoms with Crippen molar-refractivity contribution in [2.24, 2.45) is 0 Å². The van der Waals surface area contributed by atoms with Crippen LogP contribution in [0, 0.1) is 6.92 Å². The molecule has 3 rings (SSSR count). The fourth-order valence-corrected chi connectivity index (χ4v) is 3.69. The maximum atomic E-state index is 12.7. The molecule has 0 radical (unpaired) electrons. The normalized spacial score (nSPS) is 16.6. The second-order valence-corrected chi connectivity index (χ2v) is 7.68. The maximum Gasteiger partial charge on any atom is 0.241 e. The van der Waals surface area contributed by atoms with Gasteiger partial charge in [0, 0.05) is 37.7 Å². The van der Waals surface area contributed by atoms with Crippen molar-refractivity contribution in [1.82, 2.24) is 9.80 Å². The smallest absolute Gasteiger partial charge is 0.241 e. The van der Waals surface area contributed by atoms with Gasteiger partial charge in [0.1, 0.15) is 5.75 Å². The van der Waals surface area contributed by atoms with Crippen LogP contribution in [-0.2, 0) is 11.3 Å². The monoisotopic (exact) mass is 401 g/mol. The molecule has 1 saturated heterocycles. The predicted molar refractivity (Wildman–Crippen MR) is 114 cm³/mol. The van der Waals surface area contributed by atoms with Crippen molar-refractivity contribution in [2.45, 2.75) is 26.4 Å².